The van der Waals surface area contributed by atoms with Crippen LogP contribution in [0.15, 0.2) is 71.6 Å². The summed E-state index contributed by atoms with van der Waals surface area (Å²) in [5.74, 6) is 0.515. The van der Waals surface area contributed by atoms with Crippen LogP contribution in [-0.2, 0) is 14.8 Å². The Hall–Kier alpha value is -3.23. The van der Waals surface area contributed by atoms with Gasteiger partial charge in [-0.15, -0.1) is 0 Å². The third kappa shape index (κ3) is 5.15. The van der Waals surface area contributed by atoms with Crippen molar-refractivity contribution in [2.24, 2.45) is 0 Å². The number of para-hydroxylation sites is 1. The van der Waals surface area contributed by atoms with E-state index in [1.54, 1.807) is 55.5 Å². The number of halogens is 1. The zero-order chi connectivity index (χ0) is 23.3. The van der Waals surface area contributed by atoms with Crippen LogP contribution in [0.4, 0.5) is 11.4 Å². The Morgan fingerprint density at radius 1 is 0.969 bits per heavy atom. The fourth-order valence-corrected chi connectivity index (χ4v) is 4.89. The number of hydrogen-bond acceptors (Lipinski definition) is 5. The summed E-state index contributed by atoms with van der Waals surface area (Å²) in [5.41, 5.74) is 1.45. The van der Waals surface area contributed by atoms with Gasteiger partial charge in [-0.3, -0.25) is 9.10 Å². The minimum absolute atomic E-state index is 0.0555. The first-order valence-electron chi connectivity index (χ1n) is 9.62. The van der Waals surface area contributed by atoms with Crippen LogP contribution in [0, 0.1) is 6.92 Å². The van der Waals surface area contributed by atoms with Crippen LogP contribution in [-0.4, -0.2) is 35.1 Å². The molecule has 0 aromatic heterocycles. The number of ether oxygens (including phenoxy) is 2. The Bertz CT molecular complexity index is 1220. The Balaban J connectivity index is 1.92. The fraction of sp³-hybridized carbons (Fsp3) is 0.174. The second-order valence-electron chi connectivity index (χ2n) is 6.88. The first kappa shape index (κ1) is 23.4. The number of rotatable bonds is 8. The zero-order valence-corrected chi connectivity index (χ0v) is 19.4. The van der Waals surface area contributed by atoms with Gasteiger partial charge in [-0.1, -0.05) is 29.8 Å². The van der Waals surface area contributed by atoms with Gasteiger partial charge in [0.1, 0.15) is 18.0 Å². The van der Waals surface area contributed by atoms with Crippen LogP contribution in [0.2, 0.25) is 5.02 Å². The van der Waals surface area contributed by atoms with Gasteiger partial charge >= 0.3 is 0 Å². The first-order chi connectivity index (χ1) is 15.3. The quantitative estimate of drug-likeness (QED) is 0.519. The predicted molar refractivity (Wildman–Crippen MR) is 125 cm³/mol. The Morgan fingerprint density at radius 2 is 1.62 bits per heavy atom. The van der Waals surface area contributed by atoms with Crippen molar-refractivity contribution in [2.45, 2.75) is 11.8 Å². The number of hydrogen-bond donors (Lipinski definition) is 1. The molecule has 0 fully saturated rings. The summed E-state index contributed by atoms with van der Waals surface area (Å²) >= 11 is 6.11. The molecule has 0 radical (unpaired) electrons. The Morgan fingerprint density at radius 3 is 2.22 bits per heavy atom. The fourth-order valence-electron chi connectivity index (χ4n) is 3.12. The van der Waals surface area contributed by atoms with Crippen LogP contribution in [0.25, 0.3) is 0 Å². The Kier molecular flexibility index (Phi) is 7.27. The van der Waals surface area contributed by atoms with E-state index in [1.165, 1.54) is 32.4 Å². The van der Waals surface area contributed by atoms with E-state index in [9.17, 15) is 13.2 Å². The number of nitrogens with zero attached hydrogens (tertiary/aromatic N) is 1. The molecule has 3 rings (SSSR count). The number of aryl methyl sites for hydroxylation is 1. The van der Waals surface area contributed by atoms with Crippen molar-refractivity contribution in [3.05, 3.63) is 77.3 Å². The van der Waals surface area contributed by atoms with E-state index in [1.807, 2.05) is 0 Å². The molecule has 168 valence electrons. The van der Waals surface area contributed by atoms with E-state index >= 15 is 0 Å². The molecule has 7 nitrogen and oxygen atoms in total. The van der Waals surface area contributed by atoms with Crippen molar-refractivity contribution < 1.29 is 22.7 Å². The lowest BCUT2D eigenvalue weighted by Crippen LogP contribution is -2.38. The summed E-state index contributed by atoms with van der Waals surface area (Å²) in [5, 5.41) is 3.01. The first-order valence-corrected chi connectivity index (χ1v) is 11.4. The maximum Gasteiger partial charge on any atom is 0.264 e. The topological polar surface area (TPSA) is 84.9 Å². The average Bonchev–Trinajstić information content (AvgIpc) is 2.78. The minimum atomic E-state index is -4.04. The SMILES string of the molecule is COc1ccc(S(=O)(=O)N(CC(=O)Nc2ccc(OC)c(Cl)c2)c2ccccc2)cc1C. The van der Waals surface area contributed by atoms with Crippen molar-refractivity contribution >= 4 is 38.9 Å². The summed E-state index contributed by atoms with van der Waals surface area (Å²) in [4.78, 5) is 12.9. The van der Waals surface area contributed by atoms with Gasteiger partial charge in [0.05, 0.1) is 29.8 Å². The van der Waals surface area contributed by atoms with Crippen LogP contribution >= 0.6 is 11.6 Å². The third-order valence-electron chi connectivity index (χ3n) is 4.72. The summed E-state index contributed by atoms with van der Waals surface area (Å²) < 4.78 is 38.3. The molecule has 0 heterocycles. The Labute approximate surface area is 192 Å². The van der Waals surface area contributed by atoms with Gasteiger partial charge in [-0.25, -0.2) is 8.42 Å². The number of amides is 1. The third-order valence-corrected chi connectivity index (χ3v) is 6.79. The summed E-state index contributed by atoms with van der Waals surface area (Å²) in [6.45, 7) is 1.33. The van der Waals surface area contributed by atoms with Gasteiger partial charge in [0.2, 0.25) is 5.91 Å². The molecule has 0 unspecified atom stereocenters. The lowest BCUT2D eigenvalue weighted by molar-refractivity contribution is -0.114. The lowest BCUT2D eigenvalue weighted by Gasteiger charge is -2.24. The van der Waals surface area contributed by atoms with Crippen LogP contribution in [0.5, 0.6) is 11.5 Å². The normalized spacial score (nSPS) is 11.0. The maximum absolute atomic E-state index is 13.5. The molecular formula is C23H23ClN2O5S. The minimum Gasteiger partial charge on any atom is -0.496 e. The second kappa shape index (κ2) is 9.93. The maximum atomic E-state index is 13.5. The highest BCUT2D eigenvalue weighted by Crippen LogP contribution is 2.29. The van der Waals surface area contributed by atoms with Crippen molar-refractivity contribution in [2.75, 3.05) is 30.4 Å². The van der Waals surface area contributed by atoms with Gasteiger partial charge in [0.25, 0.3) is 10.0 Å². The van der Waals surface area contributed by atoms with Crippen LogP contribution in [0.3, 0.4) is 0 Å². The molecule has 1 amide bonds. The van der Waals surface area contributed by atoms with Gasteiger partial charge < -0.3 is 14.8 Å². The molecule has 0 aliphatic carbocycles. The molecule has 9 heteroatoms. The van der Waals surface area contributed by atoms with Gasteiger partial charge in [-0.2, -0.15) is 0 Å². The van der Waals surface area contributed by atoms with E-state index in [2.05, 4.69) is 5.32 Å². The standard InChI is InChI=1S/C23H23ClN2O5S/c1-16-13-19(10-12-21(16)30-2)32(28,29)26(18-7-5-4-6-8-18)15-23(27)25-17-9-11-22(31-3)20(24)14-17/h4-14H,15H2,1-3H3,(H,25,27). The number of sulfonamides is 1. The summed E-state index contributed by atoms with van der Waals surface area (Å²) in [7, 11) is -1.03. The van der Waals surface area contributed by atoms with Gasteiger partial charge in [0.15, 0.2) is 0 Å². The van der Waals surface area contributed by atoms with Crippen molar-refractivity contribution in [1.82, 2.24) is 0 Å². The summed E-state index contributed by atoms with van der Waals surface area (Å²) in [6.07, 6.45) is 0. The smallest absolute Gasteiger partial charge is 0.264 e. The average molecular weight is 475 g/mol. The van der Waals surface area contributed by atoms with Crippen LogP contribution < -0.4 is 19.1 Å². The number of carbonyl (C=O) groups is 1. The zero-order valence-electron chi connectivity index (χ0n) is 17.8. The van der Waals surface area contributed by atoms with Crippen LogP contribution in [0.1, 0.15) is 5.56 Å². The highest BCUT2D eigenvalue weighted by atomic mass is 35.5. The molecule has 0 aliphatic heterocycles. The molecule has 0 atom stereocenters. The van der Waals surface area contributed by atoms with Gasteiger partial charge in [-0.05, 0) is 61.0 Å². The molecule has 0 saturated heterocycles. The second-order valence-corrected chi connectivity index (χ2v) is 9.15. The van der Waals surface area contributed by atoms with E-state index in [0.29, 0.717) is 33.5 Å². The molecule has 0 bridgehead atoms. The van der Waals surface area contributed by atoms with E-state index in [4.69, 9.17) is 21.1 Å². The largest absolute Gasteiger partial charge is 0.496 e. The molecule has 0 saturated carbocycles. The highest BCUT2D eigenvalue weighted by molar-refractivity contribution is 7.92. The molecule has 32 heavy (non-hydrogen) atoms. The number of nitrogens with one attached hydrogen (secondary N) is 1. The lowest BCUT2D eigenvalue weighted by atomic mass is 10.2. The summed E-state index contributed by atoms with van der Waals surface area (Å²) in [6, 6.07) is 17.8. The van der Waals surface area contributed by atoms with Crippen molar-refractivity contribution in [3.63, 3.8) is 0 Å². The van der Waals surface area contributed by atoms with E-state index in [-0.39, 0.29) is 4.90 Å². The molecule has 0 spiro atoms. The predicted octanol–water partition coefficient (Wildman–Crippen LogP) is 4.50. The van der Waals surface area contributed by atoms with Crippen molar-refractivity contribution in [1.29, 1.82) is 0 Å². The van der Waals surface area contributed by atoms with Gasteiger partial charge in [0, 0.05) is 5.69 Å². The van der Waals surface area contributed by atoms with E-state index < -0.39 is 22.5 Å². The molecule has 1 N–H and O–H groups in total. The number of anilines is 2. The molecule has 3 aromatic rings. The molecule has 3 aromatic carbocycles. The number of methoxy groups -OCH3 is 2. The number of carbonyl (C=O) groups excluding carboxylic acids is 1. The molecular weight excluding hydrogens is 452 g/mol. The number of benzene rings is 3. The molecule has 0 aliphatic rings. The van der Waals surface area contributed by atoms with E-state index in [0.717, 1.165) is 4.31 Å². The highest BCUT2D eigenvalue weighted by Gasteiger charge is 2.27. The van der Waals surface area contributed by atoms with Crippen molar-refractivity contribution in [3.8, 4) is 11.5 Å². The monoisotopic (exact) mass is 474 g/mol.